The van der Waals surface area contributed by atoms with E-state index in [9.17, 15) is 9.18 Å². The van der Waals surface area contributed by atoms with Crippen molar-refractivity contribution in [1.82, 2.24) is 0 Å². The fraction of sp³-hybridized carbons (Fsp3) is 0.0556. The Hall–Kier alpha value is -2.00. The molecule has 0 saturated carbocycles. The highest BCUT2D eigenvalue weighted by atomic mass is 79.9. The van der Waals surface area contributed by atoms with Crippen molar-refractivity contribution in [3.8, 4) is 0 Å². The van der Waals surface area contributed by atoms with Crippen LogP contribution in [0.2, 0.25) is 0 Å². The molecule has 104 valence electrons. The van der Waals surface area contributed by atoms with E-state index in [-0.39, 0.29) is 10.3 Å². The molecule has 0 spiro atoms. The van der Waals surface area contributed by atoms with Crippen LogP contribution in [0.5, 0.6) is 0 Å². The summed E-state index contributed by atoms with van der Waals surface area (Å²) in [5.74, 6) is -0.602. The number of hydrogen-bond donors (Lipinski definition) is 0. The standard InChI is InChI=1S/C18H12BrFO/c1-11-9-10-12-5-2-3-6-13(12)16(11)18(21)14-7-4-8-15(20)17(14)19/h2-10H,1H3. The fourth-order valence-corrected chi connectivity index (χ4v) is 2.94. The molecule has 3 heteroatoms. The molecule has 0 bridgehead atoms. The van der Waals surface area contributed by atoms with Crippen LogP contribution in [0.4, 0.5) is 4.39 Å². The van der Waals surface area contributed by atoms with Gasteiger partial charge in [-0.15, -0.1) is 0 Å². The Labute approximate surface area is 130 Å². The van der Waals surface area contributed by atoms with Crippen LogP contribution in [-0.2, 0) is 0 Å². The maximum absolute atomic E-state index is 13.7. The van der Waals surface area contributed by atoms with Crippen molar-refractivity contribution in [2.75, 3.05) is 0 Å². The molecule has 0 aliphatic rings. The second-order valence-corrected chi connectivity index (χ2v) is 5.70. The SMILES string of the molecule is Cc1ccc2ccccc2c1C(=O)c1cccc(F)c1Br. The van der Waals surface area contributed by atoms with Crippen molar-refractivity contribution >= 4 is 32.5 Å². The van der Waals surface area contributed by atoms with E-state index >= 15 is 0 Å². The van der Waals surface area contributed by atoms with Gasteiger partial charge in [0.05, 0.1) is 4.47 Å². The van der Waals surface area contributed by atoms with E-state index in [2.05, 4.69) is 15.9 Å². The normalized spacial score (nSPS) is 10.8. The number of aryl methyl sites for hydroxylation is 1. The van der Waals surface area contributed by atoms with Crippen LogP contribution in [0, 0.1) is 12.7 Å². The minimum atomic E-state index is -0.432. The summed E-state index contributed by atoms with van der Waals surface area (Å²) in [6.07, 6.45) is 0. The Morgan fingerprint density at radius 3 is 2.57 bits per heavy atom. The van der Waals surface area contributed by atoms with Gasteiger partial charge in [0.1, 0.15) is 5.82 Å². The van der Waals surface area contributed by atoms with Gasteiger partial charge in [0.15, 0.2) is 5.78 Å². The molecule has 3 aromatic rings. The van der Waals surface area contributed by atoms with Gasteiger partial charge in [0.25, 0.3) is 0 Å². The first kappa shape index (κ1) is 14.0. The minimum Gasteiger partial charge on any atom is -0.289 e. The van der Waals surface area contributed by atoms with Gasteiger partial charge in [-0.1, -0.05) is 42.5 Å². The van der Waals surface area contributed by atoms with Crippen molar-refractivity contribution in [1.29, 1.82) is 0 Å². The van der Waals surface area contributed by atoms with E-state index in [1.54, 1.807) is 12.1 Å². The highest BCUT2D eigenvalue weighted by molar-refractivity contribution is 9.10. The summed E-state index contributed by atoms with van der Waals surface area (Å²) in [6, 6.07) is 16.1. The molecule has 0 saturated heterocycles. The minimum absolute atomic E-state index is 0.171. The first-order valence-corrected chi connectivity index (χ1v) is 7.36. The van der Waals surface area contributed by atoms with Crippen molar-refractivity contribution in [3.05, 3.63) is 81.6 Å². The Bertz CT molecular complexity index is 855. The Kier molecular flexibility index (Phi) is 3.60. The van der Waals surface area contributed by atoms with Crippen molar-refractivity contribution < 1.29 is 9.18 Å². The Balaban J connectivity index is 2.27. The molecule has 0 N–H and O–H groups in total. The average molecular weight is 343 g/mol. The monoisotopic (exact) mass is 342 g/mol. The van der Waals surface area contributed by atoms with Crippen molar-refractivity contribution in [2.24, 2.45) is 0 Å². The maximum Gasteiger partial charge on any atom is 0.195 e. The number of carbonyl (C=O) groups is 1. The highest BCUT2D eigenvalue weighted by Crippen LogP contribution is 2.28. The van der Waals surface area contributed by atoms with Gasteiger partial charge in [-0.3, -0.25) is 4.79 Å². The van der Waals surface area contributed by atoms with E-state index in [0.717, 1.165) is 16.3 Å². The van der Waals surface area contributed by atoms with Crippen molar-refractivity contribution in [3.63, 3.8) is 0 Å². The van der Waals surface area contributed by atoms with Crippen molar-refractivity contribution in [2.45, 2.75) is 6.92 Å². The zero-order valence-electron chi connectivity index (χ0n) is 11.4. The fourth-order valence-electron chi connectivity index (χ4n) is 2.50. The van der Waals surface area contributed by atoms with E-state index in [0.29, 0.717) is 11.1 Å². The predicted molar refractivity (Wildman–Crippen MR) is 86.2 cm³/mol. The van der Waals surface area contributed by atoms with Crippen LogP contribution >= 0.6 is 15.9 Å². The molecule has 0 heterocycles. The molecule has 0 amide bonds. The molecule has 0 fully saturated rings. The van der Waals surface area contributed by atoms with Gasteiger partial charge < -0.3 is 0 Å². The summed E-state index contributed by atoms with van der Waals surface area (Å²) >= 11 is 3.17. The van der Waals surface area contributed by atoms with Crippen LogP contribution in [-0.4, -0.2) is 5.78 Å². The Morgan fingerprint density at radius 1 is 1.00 bits per heavy atom. The second-order valence-electron chi connectivity index (χ2n) is 4.91. The summed E-state index contributed by atoms with van der Waals surface area (Å²) < 4.78 is 13.9. The van der Waals surface area contributed by atoms with Gasteiger partial charge in [-0.05, 0) is 51.3 Å². The molecule has 0 aromatic heterocycles. The van der Waals surface area contributed by atoms with E-state index < -0.39 is 5.82 Å². The maximum atomic E-state index is 13.7. The first-order valence-electron chi connectivity index (χ1n) is 6.56. The molecule has 21 heavy (non-hydrogen) atoms. The van der Waals surface area contributed by atoms with Crippen LogP contribution in [0.1, 0.15) is 21.5 Å². The molecule has 1 nitrogen and oxygen atoms in total. The first-order chi connectivity index (χ1) is 10.1. The zero-order chi connectivity index (χ0) is 15.0. The largest absolute Gasteiger partial charge is 0.289 e. The molecule has 0 aliphatic carbocycles. The van der Waals surface area contributed by atoms with Crippen LogP contribution < -0.4 is 0 Å². The van der Waals surface area contributed by atoms with Crippen LogP contribution in [0.15, 0.2) is 59.1 Å². The lowest BCUT2D eigenvalue weighted by molar-refractivity contribution is 0.103. The number of ketones is 1. The molecule has 0 atom stereocenters. The predicted octanol–water partition coefficient (Wildman–Crippen LogP) is 5.28. The summed E-state index contributed by atoms with van der Waals surface area (Å²) in [7, 11) is 0. The molecule has 3 rings (SSSR count). The lowest BCUT2D eigenvalue weighted by Crippen LogP contribution is -2.06. The van der Waals surface area contributed by atoms with E-state index in [1.807, 2.05) is 43.3 Å². The number of benzene rings is 3. The third kappa shape index (κ3) is 2.38. The summed E-state index contributed by atoms with van der Waals surface area (Å²) in [4.78, 5) is 12.9. The number of rotatable bonds is 2. The number of halogens is 2. The van der Waals surface area contributed by atoms with E-state index in [4.69, 9.17) is 0 Å². The van der Waals surface area contributed by atoms with Crippen LogP contribution in [0.3, 0.4) is 0 Å². The highest BCUT2D eigenvalue weighted by Gasteiger charge is 2.19. The molecule has 0 radical (unpaired) electrons. The van der Waals surface area contributed by atoms with Gasteiger partial charge in [-0.2, -0.15) is 0 Å². The molecule has 0 unspecified atom stereocenters. The summed E-state index contributed by atoms with van der Waals surface area (Å²) in [5.41, 5.74) is 1.85. The summed E-state index contributed by atoms with van der Waals surface area (Å²) in [5, 5.41) is 1.89. The molecular weight excluding hydrogens is 331 g/mol. The third-order valence-electron chi connectivity index (χ3n) is 3.56. The lowest BCUT2D eigenvalue weighted by atomic mass is 9.93. The second kappa shape index (κ2) is 5.41. The molecule has 3 aromatic carbocycles. The Morgan fingerprint density at radius 2 is 1.76 bits per heavy atom. The zero-order valence-corrected chi connectivity index (χ0v) is 12.9. The van der Waals surface area contributed by atoms with Gasteiger partial charge in [0.2, 0.25) is 0 Å². The number of carbonyl (C=O) groups excluding carboxylic acids is 1. The number of fused-ring (bicyclic) bond motifs is 1. The van der Waals surface area contributed by atoms with E-state index in [1.165, 1.54) is 6.07 Å². The third-order valence-corrected chi connectivity index (χ3v) is 4.37. The van der Waals surface area contributed by atoms with Gasteiger partial charge >= 0.3 is 0 Å². The quantitative estimate of drug-likeness (QED) is 0.579. The number of hydrogen-bond acceptors (Lipinski definition) is 1. The molecule has 0 aliphatic heterocycles. The summed E-state index contributed by atoms with van der Waals surface area (Å²) in [6.45, 7) is 1.90. The van der Waals surface area contributed by atoms with Gasteiger partial charge in [0, 0.05) is 11.1 Å². The topological polar surface area (TPSA) is 17.1 Å². The average Bonchev–Trinajstić information content (AvgIpc) is 2.49. The molecular formula is C18H12BrFO. The smallest absolute Gasteiger partial charge is 0.195 e. The van der Waals surface area contributed by atoms with Crippen LogP contribution in [0.25, 0.3) is 10.8 Å². The lowest BCUT2D eigenvalue weighted by Gasteiger charge is -2.11. The van der Waals surface area contributed by atoms with Gasteiger partial charge in [-0.25, -0.2) is 4.39 Å².